The van der Waals surface area contributed by atoms with Crippen LogP contribution in [0.25, 0.3) is 10.9 Å². The first-order valence-corrected chi connectivity index (χ1v) is 10.2. The first-order chi connectivity index (χ1) is 15.8. The number of aliphatic hydroxyl groups excluding tert-OH is 1. The molecule has 12 heteroatoms. The number of rotatable bonds is 11. The van der Waals surface area contributed by atoms with E-state index in [-0.39, 0.29) is 49.2 Å². The molecule has 176 valence electrons. The maximum atomic E-state index is 13.9. The number of halogens is 3. The first-order valence-electron chi connectivity index (χ1n) is 9.86. The largest absolute Gasteiger partial charge is 0.484 e. The van der Waals surface area contributed by atoms with E-state index in [2.05, 4.69) is 20.8 Å². The number of fused-ring (bicyclic) bond motifs is 1. The highest BCUT2D eigenvalue weighted by Crippen LogP contribution is 2.22. The van der Waals surface area contributed by atoms with Gasteiger partial charge < -0.3 is 25.2 Å². The lowest BCUT2D eigenvalue weighted by atomic mass is 10.2. The van der Waals surface area contributed by atoms with E-state index in [0.29, 0.717) is 10.9 Å². The molecule has 3 rings (SSSR count). The Bertz CT molecular complexity index is 1130. The number of nitrogens with one attached hydrogen (secondary N) is 3. The lowest BCUT2D eigenvalue weighted by Gasteiger charge is -2.13. The first kappa shape index (κ1) is 24.2. The van der Waals surface area contributed by atoms with Crippen LogP contribution in [-0.2, 0) is 9.59 Å². The van der Waals surface area contributed by atoms with Crippen LogP contribution in [0.3, 0.4) is 0 Å². The van der Waals surface area contributed by atoms with Crippen LogP contribution < -0.4 is 20.1 Å². The van der Waals surface area contributed by atoms with Gasteiger partial charge in [-0.15, -0.1) is 0 Å². The summed E-state index contributed by atoms with van der Waals surface area (Å²) in [5, 5.41) is 21.6. The van der Waals surface area contributed by atoms with Gasteiger partial charge in [-0.1, -0.05) is 11.6 Å². The maximum Gasteiger partial charge on any atom is 0.258 e. The van der Waals surface area contributed by atoms with Crippen LogP contribution >= 0.6 is 11.6 Å². The molecular weight excluding hydrogens is 462 g/mol. The van der Waals surface area contributed by atoms with Gasteiger partial charge in [0.25, 0.3) is 11.8 Å². The van der Waals surface area contributed by atoms with Crippen LogP contribution in [-0.4, -0.2) is 59.5 Å². The molecule has 2 amide bonds. The number of aliphatic hydroxyl groups is 1. The molecule has 1 aromatic heterocycles. The van der Waals surface area contributed by atoms with Crippen LogP contribution in [0.2, 0.25) is 5.02 Å². The fraction of sp³-hybridized carbons (Fsp3) is 0.286. The number of H-pyrrole nitrogens is 1. The number of aromatic amines is 1. The lowest BCUT2D eigenvalue weighted by Crippen LogP contribution is -2.37. The third-order valence-corrected chi connectivity index (χ3v) is 4.75. The summed E-state index contributed by atoms with van der Waals surface area (Å²) in [6.45, 7) is -0.637. The smallest absolute Gasteiger partial charge is 0.258 e. The van der Waals surface area contributed by atoms with Crippen LogP contribution in [0.15, 0.2) is 36.5 Å². The quantitative estimate of drug-likeness (QED) is 0.331. The zero-order valence-electron chi connectivity index (χ0n) is 17.2. The standard InChI is InChI=1S/C21H21ClF2N4O5/c22-16-2-1-13(5-18(16)24)32-11-21(31)26-8-12(29)3-4-25-20(30)10-33-14-6-17(23)15-9-27-28-19(15)7-14/h1-2,5-7,9,12,29H,3-4,8,10-11H2,(H,25,30)(H,26,31)(H,27,28)/t12-/m0/s1. The van der Waals surface area contributed by atoms with Crippen LogP contribution in [0, 0.1) is 11.6 Å². The van der Waals surface area contributed by atoms with Gasteiger partial charge in [0.05, 0.1) is 28.2 Å². The molecule has 0 aliphatic rings. The van der Waals surface area contributed by atoms with Crippen LogP contribution in [0.5, 0.6) is 11.5 Å². The minimum Gasteiger partial charge on any atom is -0.484 e. The Hall–Kier alpha value is -3.44. The third-order valence-electron chi connectivity index (χ3n) is 4.45. The molecule has 4 N–H and O–H groups in total. The summed E-state index contributed by atoms with van der Waals surface area (Å²) in [5.74, 6) is -1.84. The summed E-state index contributed by atoms with van der Waals surface area (Å²) < 4.78 is 37.6. The molecule has 0 unspecified atom stereocenters. The minimum absolute atomic E-state index is 0.0573. The second kappa shape index (κ2) is 11.4. The fourth-order valence-corrected chi connectivity index (χ4v) is 2.86. The van der Waals surface area contributed by atoms with E-state index in [1.54, 1.807) is 0 Å². The number of hydrogen-bond donors (Lipinski definition) is 4. The highest BCUT2D eigenvalue weighted by atomic mass is 35.5. The Balaban J connectivity index is 1.29. The molecule has 0 fully saturated rings. The molecule has 0 saturated heterocycles. The number of ether oxygens (including phenoxy) is 2. The van der Waals surface area contributed by atoms with Crippen molar-refractivity contribution in [1.82, 2.24) is 20.8 Å². The predicted octanol–water partition coefficient (Wildman–Crippen LogP) is 1.94. The summed E-state index contributed by atoms with van der Waals surface area (Å²) in [5.41, 5.74) is 0.446. The van der Waals surface area contributed by atoms with Crippen molar-refractivity contribution in [2.75, 3.05) is 26.3 Å². The lowest BCUT2D eigenvalue weighted by molar-refractivity contribution is -0.124. The number of benzene rings is 2. The Morgan fingerprint density at radius 2 is 1.76 bits per heavy atom. The van der Waals surface area contributed by atoms with Crippen molar-refractivity contribution in [2.45, 2.75) is 12.5 Å². The molecule has 33 heavy (non-hydrogen) atoms. The second-order valence-electron chi connectivity index (χ2n) is 6.99. The number of carbonyl (C=O) groups is 2. The molecule has 0 radical (unpaired) electrons. The van der Waals surface area contributed by atoms with E-state index < -0.39 is 29.6 Å². The molecule has 0 aliphatic carbocycles. The zero-order valence-corrected chi connectivity index (χ0v) is 18.0. The van der Waals surface area contributed by atoms with Gasteiger partial charge in [0.2, 0.25) is 0 Å². The number of nitrogens with zero attached hydrogens (tertiary/aromatic N) is 1. The summed E-state index contributed by atoms with van der Waals surface area (Å²) in [7, 11) is 0. The number of aromatic nitrogens is 2. The van der Waals surface area contributed by atoms with Crippen molar-refractivity contribution < 1.29 is 33.0 Å². The third kappa shape index (κ3) is 7.29. The van der Waals surface area contributed by atoms with Gasteiger partial charge in [0.15, 0.2) is 13.2 Å². The monoisotopic (exact) mass is 482 g/mol. The Labute approximate surface area is 192 Å². The second-order valence-corrected chi connectivity index (χ2v) is 7.39. The SMILES string of the molecule is O=C(COc1cc(F)c2cn[nH]c2c1)NCC[C@H](O)CNC(=O)COc1ccc(Cl)c(F)c1. The maximum absolute atomic E-state index is 13.9. The van der Waals surface area contributed by atoms with Gasteiger partial charge in [-0.25, -0.2) is 8.78 Å². The van der Waals surface area contributed by atoms with Crippen LogP contribution in [0.1, 0.15) is 6.42 Å². The van der Waals surface area contributed by atoms with Gasteiger partial charge >= 0.3 is 0 Å². The van der Waals surface area contributed by atoms with Crippen molar-refractivity contribution in [3.05, 3.63) is 53.2 Å². The van der Waals surface area contributed by atoms with Crippen molar-refractivity contribution >= 4 is 34.3 Å². The summed E-state index contributed by atoms with van der Waals surface area (Å²) in [6, 6.07) is 6.47. The van der Waals surface area contributed by atoms with Crippen LogP contribution in [0.4, 0.5) is 8.78 Å². The number of carbonyl (C=O) groups excluding carboxylic acids is 2. The molecule has 0 spiro atoms. The molecule has 2 aromatic carbocycles. The van der Waals surface area contributed by atoms with E-state index in [1.807, 2.05) is 0 Å². The van der Waals surface area contributed by atoms with Crippen molar-refractivity contribution in [3.8, 4) is 11.5 Å². The van der Waals surface area contributed by atoms with Crippen molar-refractivity contribution in [3.63, 3.8) is 0 Å². The summed E-state index contributed by atoms with van der Waals surface area (Å²) in [6.07, 6.45) is 0.604. The zero-order chi connectivity index (χ0) is 23.8. The molecular formula is C21H21ClF2N4O5. The molecule has 1 atom stereocenters. The normalized spacial score (nSPS) is 11.8. The van der Waals surface area contributed by atoms with E-state index >= 15 is 0 Å². The van der Waals surface area contributed by atoms with E-state index in [0.717, 1.165) is 12.1 Å². The van der Waals surface area contributed by atoms with Gasteiger partial charge in [-0.3, -0.25) is 14.7 Å². The predicted molar refractivity (Wildman–Crippen MR) is 115 cm³/mol. The summed E-state index contributed by atoms with van der Waals surface area (Å²) >= 11 is 5.57. The molecule has 0 aliphatic heterocycles. The highest BCUT2D eigenvalue weighted by Gasteiger charge is 2.11. The average molecular weight is 483 g/mol. The van der Waals surface area contributed by atoms with Gasteiger partial charge in [-0.05, 0) is 18.6 Å². The van der Waals surface area contributed by atoms with E-state index in [1.165, 1.54) is 24.4 Å². The molecule has 3 aromatic rings. The molecule has 1 heterocycles. The number of amides is 2. The van der Waals surface area contributed by atoms with Gasteiger partial charge in [0.1, 0.15) is 23.1 Å². The van der Waals surface area contributed by atoms with E-state index in [4.69, 9.17) is 21.1 Å². The van der Waals surface area contributed by atoms with Gasteiger partial charge in [-0.2, -0.15) is 5.10 Å². The molecule has 0 saturated carbocycles. The Morgan fingerprint density at radius 3 is 2.52 bits per heavy atom. The highest BCUT2D eigenvalue weighted by molar-refractivity contribution is 6.30. The topological polar surface area (TPSA) is 126 Å². The van der Waals surface area contributed by atoms with Crippen molar-refractivity contribution in [1.29, 1.82) is 0 Å². The van der Waals surface area contributed by atoms with Crippen molar-refractivity contribution in [2.24, 2.45) is 0 Å². The summed E-state index contributed by atoms with van der Waals surface area (Å²) in [4.78, 5) is 23.7. The average Bonchev–Trinajstić information content (AvgIpc) is 3.26. The Kier molecular flexibility index (Phi) is 8.39. The molecule has 0 bridgehead atoms. The van der Waals surface area contributed by atoms with E-state index in [9.17, 15) is 23.5 Å². The molecule has 9 nitrogen and oxygen atoms in total. The Morgan fingerprint density at radius 1 is 1.06 bits per heavy atom. The number of hydrogen-bond acceptors (Lipinski definition) is 6. The van der Waals surface area contributed by atoms with Gasteiger partial charge in [0, 0.05) is 31.3 Å². The fourth-order valence-electron chi connectivity index (χ4n) is 2.74. The minimum atomic E-state index is -0.917.